The van der Waals surface area contributed by atoms with E-state index < -0.39 is 0 Å². The largest absolute Gasteiger partial charge is 0.384 e. The molecule has 7 heteroatoms. The zero-order valence-corrected chi connectivity index (χ0v) is 11.9. The zero-order chi connectivity index (χ0) is 16.4. The molecule has 3 aromatic rings. The minimum atomic E-state index is -0.117. The van der Waals surface area contributed by atoms with Crippen molar-refractivity contribution in [3.05, 3.63) is 52.8 Å². The maximum atomic E-state index is 9.33. The van der Waals surface area contributed by atoms with Gasteiger partial charge >= 0.3 is 0 Å². The van der Waals surface area contributed by atoms with Gasteiger partial charge in [-0.05, 0) is 5.56 Å². The Labute approximate surface area is 131 Å². The fraction of sp³-hybridized carbons (Fsp3) is 0.0625. The monoisotopic (exact) mass is 299 g/mol. The molecule has 0 bridgehead atoms. The molecule has 0 aliphatic heterocycles. The van der Waals surface area contributed by atoms with E-state index in [0.717, 1.165) is 5.56 Å². The number of rotatable bonds is 2. The maximum absolute atomic E-state index is 9.33. The van der Waals surface area contributed by atoms with Gasteiger partial charge in [0.1, 0.15) is 35.1 Å². The molecule has 0 aliphatic rings. The quantitative estimate of drug-likeness (QED) is 0.766. The van der Waals surface area contributed by atoms with Crippen LogP contribution in [0.2, 0.25) is 0 Å². The van der Waals surface area contributed by atoms with Crippen molar-refractivity contribution in [1.29, 1.82) is 15.8 Å². The van der Waals surface area contributed by atoms with E-state index in [9.17, 15) is 5.26 Å². The van der Waals surface area contributed by atoms with Crippen LogP contribution in [-0.2, 0) is 6.54 Å². The summed E-state index contributed by atoms with van der Waals surface area (Å²) < 4.78 is 1.62. The highest BCUT2D eigenvalue weighted by Gasteiger charge is 2.20. The van der Waals surface area contributed by atoms with Crippen LogP contribution in [0.15, 0.2) is 30.3 Å². The molecular formula is C16H9N7. The summed E-state index contributed by atoms with van der Waals surface area (Å²) in [5, 5.41) is 27.5. The molecule has 108 valence electrons. The number of hydrogen-bond donors (Lipinski definition) is 1. The molecule has 3 rings (SSSR count). The molecule has 7 nitrogen and oxygen atoms in total. The van der Waals surface area contributed by atoms with Crippen LogP contribution in [0.25, 0.3) is 11.2 Å². The van der Waals surface area contributed by atoms with Gasteiger partial charge in [-0.2, -0.15) is 15.8 Å². The minimum absolute atomic E-state index is 0.0868. The topological polar surface area (TPSA) is 128 Å². The normalized spacial score (nSPS) is 9.96. The second-order valence-corrected chi connectivity index (χ2v) is 4.76. The fourth-order valence-electron chi connectivity index (χ4n) is 2.34. The van der Waals surface area contributed by atoms with Crippen molar-refractivity contribution >= 4 is 17.0 Å². The molecule has 0 radical (unpaired) electrons. The number of benzene rings is 1. The number of anilines is 1. The molecule has 0 saturated heterocycles. The Hall–Kier alpha value is -3.89. The van der Waals surface area contributed by atoms with Gasteiger partial charge in [0.05, 0.1) is 6.54 Å². The highest BCUT2D eigenvalue weighted by molar-refractivity contribution is 5.87. The standard InChI is InChI=1S/C16H9N7/c17-6-11-14-16(22-13(8-19)12(7-18)21-14)23(15(11)20)9-10-4-2-1-3-5-10/h1-5H,9,20H2. The van der Waals surface area contributed by atoms with Crippen molar-refractivity contribution in [3.63, 3.8) is 0 Å². The maximum Gasteiger partial charge on any atom is 0.179 e. The first-order valence-electron chi connectivity index (χ1n) is 6.63. The first kappa shape index (κ1) is 14.1. The third-order valence-electron chi connectivity index (χ3n) is 3.42. The van der Waals surface area contributed by atoms with E-state index in [4.69, 9.17) is 16.3 Å². The average Bonchev–Trinajstić information content (AvgIpc) is 2.85. The highest BCUT2D eigenvalue weighted by atomic mass is 15.1. The lowest BCUT2D eigenvalue weighted by atomic mass is 10.2. The van der Waals surface area contributed by atoms with Crippen molar-refractivity contribution in [3.8, 4) is 18.2 Å². The van der Waals surface area contributed by atoms with Gasteiger partial charge in [0.15, 0.2) is 17.0 Å². The molecule has 2 heterocycles. The predicted octanol–water partition coefficient (Wildman–Crippen LogP) is 1.68. The van der Waals surface area contributed by atoms with E-state index >= 15 is 0 Å². The van der Waals surface area contributed by atoms with E-state index in [0.29, 0.717) is 12.2 Å². The Morgan fingerprint density at radius 2 is 1.61 bits per heavy atom. The summed E-state index contributed by atoms with van der Waals surface area (Å²) in [6.45, 7) is 0.385. The number of nitriles is 3. The third kappa shape index (κ3) is 2.21. The van der Waals surface area contributed by atoms with Gasteiger partial charge in [-0.3, -0.25) is 0 Å². The van der Waals surface area contributed by atoms with E-state index in [-0.39, 0.29) is 28.3 Å². The van der Waals surface area contributed by atoms with Crippen molar-refractivity contribution in [2.45, 2.75) is 6.54 Å². The number of nitrogens with two attached hydrogens (primary N) is 1. The van der Waals surface area contributed by atoms with Crippen molar-refractivity contribution in [2.75, 3.05) is 5.73 Å². The molecule has 1 aromatic carbocycles. The lowest BCUT2D eigenvalue weighted by Crippen LogP contribution is -2.06. The Bertz CT molecular complexity index is 1030. The molecule has 2 aromatic heterocycles. The highest BCUT2D eigenvalue weighted by Crippen LogP contribution is 2.26. The van der Waals surface area contributed by atoms with Gasteiger partial charge in [-0.25, -0.2) is 9.97 Å². The molecule has 0 fully saturated rings. The summed E-state index contributed by atoms with van der Waals surface area (Å²) in [6.07, 6.45) is 0. The summed E-state index contributed by atoms with van der Waals surface area (Å²) in [5.74, 6) is 0.213. The van der Waals surface area contributed by atoms with Gasteiger partial charge in [0.2, 0.25) is 0 Å². The van der Waals surface area contributed by atoms with Crippen molar-refractivity contribution in [1.82, 2.24) is 14.5 Å². The second kappa shape index (κ2) is 5.48. The van der Waals surface area contributed by atoms with Crippen LogP contribution in [-0.4, -0.2) is 14.5 Å². The Kier molecular flexibility index (Phi) is 3.35. The summed E-state index contributed by atoms with van der Waals surface area (Å²) in [4.78, 5) is 8.26. The van der Waals surface area contributed by atoms with E-state index in [1.165, 1.54) is 0 Å². The summed E-state index contributed by atoms with van der Waals surface area (Å²) in [6, 6.07) is 15.2. The summed E-state index contributed by atoms with van der Waals surface area (Å²) in [5.41, 5.74) is 7.52. The molecule has 0 amide bonds. The first-order valence-corrected chi connectivity index (χ1v) is 6.63. The van der Waals surface area contributed by atoms with Gasteiger partial charge in [0.25, 0.3) is 0 Å². The molecular weight excluding hydrogens is 290 g/mol. The number of hydrogen-bond acceptors (Lipinski definition) is 6. The van der Waals surface area contributed by atoms with Crippen LogP contribution in [0.4, 0.5) is 5.82 Å². The minimum Gasteiger partial charge on any atom is -0.384 e. The van der Waals surface area contributed by atoms with Crippen LogP contribution in [0, 0.1) is 34.0 Å². The lowest BCUT2D eigenvalue weighted by molar-refractivity contribution is 0.833. The van der Waals surface area contributed by atoms with E-state index in [1.807, 2.05) is 48.5 Å². The summed E-state index contributed by atoms with van der Waals surface area (Å²) >= 11 is 0. The van der Waals surface area contributed by atoms with Crippen LogP contribution >= 0.6 is 0 Å². The Morgan fingerprint density at radius 1 is 0.957 bits per heavy atom. The van der Waals surface area contributed by atoms with Crippen LogP contribution in [0.5, 0.6) is 0 Å². The van der Waals surface area contributed by atoms with Gasteiger partial charge < -0.3 is 10.3 Å². The van der Waals surface area contributed by atoms with Gasteiger partial charge in [0, 0.05) is 0 Å². The SMILES string of the molecule is N#Cc1nc2c(C#N)c(N)n(Cc3ccccc3)c2nc1C#N. The zero-order valence-electron chi connectivity index (χ0n) is 11.9. The van der Waals surface area contributed by atoms with Crippen LogP contribution < -0.4 is 5.73 Å². The number of nitrogens with zero attached hydrogens (tertiary/aromatic N) is 6. The number of fused-ring (bicyclic) bond motifs is 1. The molecule has 0 saturated carbocycles. The smallest absolute Gasteiger partial charge is 0.179 e. The van der Waals surface area contributed by atoms with Gasteiger partial charge in [-0.1, -0.05) is 30.3 Å². The van der Waals surface area contributed by atoms with Crippen LogP contribution in [0.3, 0.4) is 0 Å². The van der Waals surface area contributed by atoms with Crippen LogP contribution in [0.1, 0.15) is 22.5 Å². The summed E-state index contributed by atoms with van der Waals surface area (Å²) in [7, 11) is 0. The molecule has 2 N–H and O–H groups in total. The molecule has 23 heavy (non-hydrogen) atoms. The van der Waals surface area contributed by atoms with Crippen molar-refractivity contribution in [2.24, 2.45) is 0 Å². The third-order valence-corrected chi connectivity index (χ3v) is 3.42. The molecule has 0 aliphatic carbocycles. The molecule has 0 atom stereocenters. The first-order chi connectivity index (χ1) is 11.2. The Balaban J connectivity index is 2.30. The fourth-order valence-corrected chi connectivity index (χ4v) is 2.34. The lowest BCUT2D eigenvalue weighted by Gasteiger charge is -2.07. The van der Waals surface area contributed by atoms with E-state index in [1.54, 1.807) is 4.57 Å². The average molecular weight is 299 g/mol. The van der Waals surface area contributed by atoms with Crippen molar-refractivity contribution < 1.29 is 0 Å². The van der Waals surface area contributed by atoms with Gasteiger partial charge in [-0.15, -0.1) is 0 Å². The number of aromatic nitrogens is 3. The second-order valence-electron chi connectivity index (χ2n) is 4.76. The predicted molar refractivity (Wildman–Crippen MR) is 81.6 cm³/mol. The number of nitrogen functional groups attached to an aromatic ring is 1. The Morgan fingerprint density at radius 3 is 2.22 bits per heavy atom. The molecule has 0 unspecified atom stereocenters. The molecule has 0 spiro atoms. The van der Waals surface area contributed by atoms with E-state index in [2.05, 4.69) is 9.97 Å².